The van der Waals surface area contributed by atoms with Gasteiger partial charge in [-0.3, -0.25) is 9.59 Å². The van der Waals surface area contributed by atoms with Crippen LogP contribution in [0.25, 0.3) is 0 Å². The highest BCUT2D eigenvalue weighted by Gasteiger charge is 2.20. The molecule has 5 heteroatoms. The molecule has 2 amide bonds. The number of likely N-dealkylation sites (N-methyl/N-ethyl adjacent to an activating group) is 1. The maximum absolute atomic E-state index is 12.5. The topological polar surface area (TPSA) is 75.4 Å². The zero-order valence-corrected chi connectivity index (χ0v) is 14.2. The molecule has 0 bridgehead atoms. The molecule has 2 aromatic carbocycles. The van der Waals surface area contributed by atoms with Gasteiger partial charge in [0.1, 0.15) is 6.04 Å². The molecule has 0 aromatic heterocycles. The number of carbonyl (C=O) groups is 2. The van der Waals surface area contributed by atoms with E-state index in [4.69, 9.17) is 5.73 Å². The lowest BCUT2D eigenvalue weighted by Crippen LogP contribution is -2.35. The van der Waals surface area contributed by atoms with E-state index in [1.807, 2.05) is 43.3 Å². The summed E-state index contributed by atoms with van der Waals surface area (Å²) in [6.45, 7) is 2.43. The number of hydrogen-bond donors (Lipinski definition) is 2. The second kappa shape index (κ2) is 7.75. The Morgan fingerprint density at radius 2 is 1.67 bits per heavy atom. The minimum atomic E-state index is -0.680. The van der Waals surface area contributed by atoms with Gasteiger partial charge < -0.3 is 16.0 Å². The van der Waals surface area contributed by atoms with Crippen molar-refractivity contribution >= 4 is 11.8 Å². The van der Waals surface area contributed by atoms with Crippen LogP contribution in [0.3, 0.4) is 0 Å². The SMILES string of the molecule is CNC(=O)c1ccc(CN(C)C(=O)C(N)c2ccc(C)cc2)cc1. The summed E-state index contributed by atoms with van der Waals surface area (Å²) < 4.78 is 0. The first-order valence-electron chi connectivity index (χ1n) is 7.80. The molecule has 0 saturated heterocycles. The van der Waals surface area contributed by atoms with Crippen molar-refractivity contribution in [3.8, 4) is 0 Å². The Kier molecular flexibility index (Phi) is 5.71. The summed E-state index contributed by atoms with van der Waals surface area (Å²) in [4.78, 5) is 25.6. The van der Waals surface area contributed by atoms with Gasteiger partial charge in [-0.05, 0) is 30.2 Å². The lowest BCUT2D eigenvalue weighted by molar-refractivity contribution is -0.131. The van der Waals surface area contributed by atoms with Gasteiger partial charge in [0.25, 0.3) is 5.91 Å². The number of aryl methyl sites for hydroxylation is 1. The predicted molar refractivity (Wildman–Crippen MR) is 94.4 cm³/mol. The summed E-state index contributed by atoms with van der Waals surface area (Å²) in [7, 11) is 3.32. The third-order valence-corrected chi connectivity index (χ3v) is 3.94. The van der Waals surface area contributed by atoms with Crippen LogP contribution in [0.15, 0.2) is 48.5 Å². The fourth-order valence-electron chi connectivity index (χ4n) is 2.41. The van der Waals surface area contributed by atoms with E-state index in [0.717, 1.165) is 16.7 Å². The average molecular weight is 325 g/mol. The van der Waals surface area contributed by atoms with Crippen molar-refractivity contribution in [1.29, 1.82) is 0 Å². The molecule has 24 heavy (non-hydrogen) atoms. The number of rotatable bonds is 5. The maximum atomic E-state index is 12.5. The molecule has 0 aliphatic rings. The molecule has 1 atom stereocenters. The minimum absolute atomic E-state index is 0.132. The minimum Gasteiger partial charge on any atom is -0.355 e. The monoisotopic (exact) mass is 325 g/mol. The fourth-order valence-corrected chi connectivity index (χ4v) is 2.41. The van der Waals surface area contributed by atoms with Gasteiger partial charge in [0.05, 0.1) is 0 Å². The van der Waals surface area contributed by atoms with E-state index in [1.54, 1.807) is 31.1 Å². The Morgan fingerprint density at radius 3 is 2.21 bits per heavy atom. The molecular formula is C19H23N3O2. The molecule has 3 N–H and O–H groups in total. The highest BCUT2D eigenvalue weighted by Crippen LogP contribution is 2.15. The molecular weight excluding hydrogens is 302 g/mol. The number of carbonyl (C=O) groups excluding carboxylic acids is 2. The first-order chi connectivity index (χ1) is 11.4. The van der Waals surface area contributed by atoms with Crippen LogP contribution in [0.2, 0.25) is 0 Å². The molecule has 1 unspecified atom stereocenters. The molecule has 0 aliphatic carbocycles. The van der Waals surface area contributed by atoms with Gasteiger partial charge in [0, 0.05) is 26.2 Å². The van der Waals surface area contributed by atoms with Crippen LogP contribution in [0.5, 0.6) is 0 Å². The lowest BCUT2D eigenvalue weighted by atomic mass is 10.0. The van der Waals surface area contributed by atoms with Crippen LogP contribution in [0.1, 0.15) is 33.1 Å². The Hall–Kier alpha value is -2.66. The summed E-state index contributed by atoms with van der Waals surface area (Å²) in [5.41, 5.74) is 9.54. The third-order valence-electron chi connectivity index (χ3n) is 3.94. The smallest absolute Gasteiger partial charge is 0.251 e. The van der Waals surface area contributed by atoms with Crippen LogP contribution >= 0.6 is 0 Å². The van der Waals surface area contributed by atoms with Crippen molar-refractivity contribution in [1.82, 2.24) is 10.2 Å². The second-order valence-corrected chi connectivity index (χ2v) is 5.86. The van der Waals surface area contributed by atoms with Crippen LogP contribution in [-0.2, 0) is 11.3 Å². The van der Waals surface area contributed by atoms with Crippen molar-refractivity contribution in [2.24, 2.45) is 5.73 Å². The number of nitrogens with two attached hydrogens (primary N) is 1. The molecule has 0 fully saturated rings. The molecule has 5 nitrogen and oxygen atoms in total. The maximum Gasteiger partial charge on any atom is 0.251 e. The van der Waals surface area contributed by atoms with Gasteiger partial charge in [-0.1, -0.05) is 42.0 Å². The highest BCUT2D eigenvalue weighted by atomic mass is 16.2. The second-order valence-electron chi connectivity index (χ2n) is 5.86. The third kappa shape index (κ3) is 4.20. The summed E-state index contributed by atoms with van der Waals surface area (Å²) in [5.74, 6) is -0.276. The molecule has 126 valence electrons. The van der Waals surface area contributed by atoms with E-state index in [1.165, 1.54) is 0 Å². The van der Waals surface area contributed by atoms with E-state index >= 15 is 0 Å². The Labute approximate surface area is 142 Å². The first-order valence-corrected chi connectivity index (χ1v) is 7.80. The number of benzene rings is 2. The molecule has 0 radical (unpaired) electrons. The molecule has 0 aliphatic heterocycles. The number of hydrogen-bond acceptors (Lipinski definition) is 3. The van der Waals surface area contributed by atoms with Gasteiger partial charge in [-0.25, -0.2) is 0 Å². The Bertz CT molecular complexity index is 708. The van der Waals surface area contributed by atoms with E-state index in [9.17, 15) is 9.59 Å². The summed E-state index contributed by atoms with van der Waals surface area (Å²) in [6.07, 6.45) is 0. The van der Waals surface area contributed by atoms with Gasteiger partial charge in [-0.15, -0.1) is 0 Å². The quantitative estimate of drug-likeness (QED) is 0.883. The number of nitrogens with one attached hydrogen (secondary N) is 1. The van der Waals surface area contributed by atoms with Crippen LogP contribution in [0.4, 0.5) is 0 Å². The average Bonchev–Trinajstić information content (AvgIpc) is 2.61. The van der Waals surface area contributed by atoms with Crippen molar-refractivity contribution in [2.45, 2.75) is 19.5 Å². The largest absolute Gasteiger partial charge is 0.355 e. The number of nitrogens with zero attached hydrogens (tertiary/aromatic N) is 1. The van der Waals surface area contributed by atoms with Crippen molar-refractivity contribution < 1.29 is 9.59 Å². The summed E-state index contributed by atoms with van der Waals surface area (Å²) in [5, 5.41) is 2.58. The van der Waals surface area contributed by atoms with Crippen molar-refractivity contribution in [3.05, 3.63) is 70.8 Å². The van der Waals surface area contributed by atoms with Gasteiger partial charge >= 0.3 is 0 Å². The molecule has 2 rings (SSSR count). The van der Waals surface area contributed by atoms with Crippen molar-refractivity contribution in [2.75, 3.05) is 14.1 Å². The van der Waals surface area contributed by atoms with Crippen LogP contribution in [0, 0.1) is 6.92 Å². The predicted octanol–water partition coefficient (Wildman–Crippen LogP) is 2.01. The highest BCUT2D eigenvalue weighted by molar-refractivity contribution is 5.93. The first kappa shape index (κ1) is 17.7. The van der Waals surface area contributed by atoms with Gasteiger partial charge in [0.2, 0.25) is 5.91 Å². The summed E-state index contributed by atoms with van der Waals surface area (Å²) >= 11 is 0. The Balaban J connectivity index is 2.03. The van der Waals surface area contributed by atoms with Crippen molar-refractivity contribution in [3.63, 3.8) is 0 Å². The summed E-state index contributed by atoms with van der Waals surface area (Å²) in [6, 6.07) is 14.1. The molecule has 0 heterocycles. The molecule has 2 aromatic rings. The Morgan fingerprint density at radius 1 is 1.08 bits per heavy atom. The molecule has 0 spiro atoms. The van der Waals surface area contributed by atoms with Crippen LogP contribution < -0.4 is 11.1 Å². The number of amides is 2. The standard InChI is InChI=1S/C19H23N3O2/c1-13-4-8-15(9-5-13)17(20)19(24)22(3)12-14-6-10-16(11-7-14)18(23)21-2/h4-11,17H,12,20H2,1-3H3,(H,21,23). The van der Waals surface area contributed by atoms with Gasteiger partial charge in [-0.2, -0.15) is 0 Å². The van der Waals surface area contributed by atoms with E-state index in [-0.39, 0.29) is 11.8 Å². The zero-order chi connectivity index (χ0) is 17.7. The van der Waals surface area contributed by atoms with E-state index < -0.39 is 6.04 Å². The fraction of sp³-hybridized carbons (Fsp3) is 0.263. The normalized spacial score (nSPS) is 11.7. The van der Waals surface area contributed by atoms with E-state index in [0.29, 0.717) is 12.1 Å². The molecule has 0 saturated carbocycles. The van der Waals surface area contributed by atoms with Gasteiger partial charge in [0.15, 0.2) is 0 Å². The van der Waals surface area contributed by atoms with Crippen LogP contribution in [-0.4, -0.2) is 30.8 Å². The van der Waals surface area contributed by atoms with E-state index in [2.05, 4.69) is 5.32 Å². The zero-order valence-electron chi connectivity index (χ0n) is 14.2. The lowest BCUT2D eigenvalue weighted by Gasteiger charge is -2.22.